The van der Waals surface area contributed by atoms with E-state index in [0.717, 1.165) is 5.56 Å². The van der Waals surface area contributed by atoms with Gasteiger partial charge in [-0.15, -0.1) is 0 Å². The van der Waals surface area contributed by atoms with Crippen molar-refractivity contribution >= 4 is 11.9 Å². The number of benzene rings is 2. The summed E-state index contributed by atoms with van der Waals surface area (Å²) >= 11 is 0. The van der Waals surface area contributed by atoms with Crippen LogP contribution in [0.15, 0.2) is 54.6 Å². The summed E-state index contributed by atoms with van der Waals surface area (Å²) in [6.45, 7) is 1.64. The van der Waals surface area contributed by atoms with Crippen LogP contribution in [0.5, 0.6) is 0 Å². The first kappa shape index (κ1) is 17.7. The molecule has 2 aromatic carbocycles. The molecule has 1 N–H and O–H groups in total. The van der Waals surface area contributed by atoms with Crippen molar-refractivity contribution in [1.29, 1.82) is 0 Å². The van der Waals surface area contributed by atoms with Crippen molar-refractivity contribution < 1.29 is 19.1 Å². The van der Waals surface area contributed by atoms with E-state index in [-0.39, 0.29) is 24.8 Å². The Bertz CT molecular complexity index is 686. The minimum Gasteiger partial charge on any atom is -0.480 e. The molecule has 0 aliphatic rings. The predicted molar refractivity (Wildman–Crippen MR) is 88.9 cm³/mol. The number of hydrogen-bond donors (Lipinski definition) is 1. The van der Waals surface area contributed by atoms with Gasteiger partial charge in [0.25, 0.3) is 0 Å². The molecule has 2 aromatic rings. The molecule has 1 atom stereocenters. The van der Waals surface area contributed by atoms with Crippen LogP contribution in [-0.2, 0) is 16.1 Å². The Morgan fingerprint density at radius 2 is 1.71 bits per heavy atom. The molecule has 2 rings (SSSR count). The van der Waals surface area contributed by atoms with Crippen molar-refractivity contribution in [3.8, 4) is 0 Å². The van der Waals surface area contributed by atoms with Crippen LogP contribution in [0, 0.1) is 5.82 Å². The highest BCUT2D eigenvalue weighted by Gasteiger charge is 2.26. The molecule has 24 heavy (non-hydrogen) atoms. The molecular formula is C19H20FNO3. The van der Waals surface area contributed by atoms with Crippen LogP contribution in [0.25, 0.3) is 0 Å². The number of carboxylic acids is 1. The van der Waals surface area contributed by atoms with Crippen LogP contribution in [0.2, 0.25) is 0 Å². The second-order valence-corrected chi connectivity index (χ2v) is 5.59. The van der Waals surface area contributed by atoms with E-state index < -0.39 is 11.9 Å². The van der Waals surface area contributed by atoms with Crippen molar-refractivity contribution in [3.05, 3.63) is 71.5 Å². The molecule has 1 amide bonds. The maximum absolute atomic E-state index is 13.0. The Morgan fingerprint density at radius 3 is 2.25 bits per heavy atom. The molecule has 0 aromatic heterocycles. The summed E-state index contributed by atoms with van der Waals surface area (Å²) in [4.78, 5) is 25.3. The van der Waals surface area contributed by atoms with Gasteiger partial charge < -0.3 is 10.0 Å². The summed E-state index contributed by atoms with van der Waals surface area (Å²) in [5.41, 5.74) is 1.55. The molecule has 1 unspecified atom stereocenters. The van der Waals surface area contributed by atoms with Gasteiger partial charge in [0, 0.05) is 6.54 Å². The quantitative estimate of drug-likeness (QED) is 0.846. The summed E-state index contributed by atoms with van der Waals surface area (Å²) < 4.78 is 13.0. The number of amides is 1. The smallest absolute Gasteiger partial charge is 0.323 e. The molecule has 0 aliphatic heterocycles. The van der Waals surface area contributed by atoms with Crippen molar-refractivity contribution in [2.24, 2.45) is 0 Å². The first-order valence-corrected chi connectivity index (χ1v) is 7.81. The SMILES string of the molecule is CCC(C(=O)N(CC(=O)O)Cc1ccc(F)cc1)c1ccccc1. The average Bonchev–Trinajstić information content (AvgIpc) is 2.57. The molecular weight excluding hydrogens is 309 g/mol. The van der Waals surface area contributed by atoms with Crippen molar-refractivity contribution in [3.63, 3.8) is 0 Å². The number of aliphatic carboxylic acids is 1. The van der Waals surface area contributed by atoms with Gasteiger partial charge in [0.1, 0.15) is 12.4 Å². The highest BCUT2D eigenvalue weighted by molar-refractivity contribution is 5.86. The predicted octanol–water partition coefficient (Wildman–Crippen LogP) is 3.43. The molecule has 0 aliphatic carbocycles. The maximum atomic E-state index is 13.0. The zero-order chi connectivity index (χ0) is 17.5. The number of nitrogens with zero attached hydrogens (tertiary/aromatic N) is 1. The normalized spacial score (nSPS) is 11.8. The summed E-state index contributed by atoms with van der Waals surface area (Å²) in [6.07, 6.45) is 0.572. The number of carboxylic acid groups (broad SMARTS) is 1. The number of carbonyl (C=O) groups excluding carboxylic acids is 1. The van der Waals surface area contributed by atoms with E-state index in [1.165, 1.54) is 17.0 Å². The Kier molecular flexibility index (Phi) is 6.07. The zero-order valence-corrected chi connectivity index (χ0v) is 13.5. The minimum absolute atomic E-state index is 0.134. The van der Waals surface area contributed by atoms with Gasteiger partial charge in [-0.25, -0.2) is 4.39 Å². The monoisotopic (exact) mass is 329 g/mol. The van der Waals surface area contributed by atoms with Gasteiger partial charge in [-0.05, 0) is 29.7 Å². The van der Waals surface area contributed by atoms with Gasteiger partial charge in [0.05, 0.1) is 5.92 Å². The van der Waals surface area contributed by atoms with Crippen molar-refractivity contribution in [2.45, 2.75) is 25.8 Å². The molecule has 126 valence electrons. The van der Waals surface area contributed by atoms with E-state index in [0.29, 0.717) is 12.0 Å². The fourth-order valence-electron chi connectivity index (χ4n) is 2.64. The lowest BCUT2D eigenvalue weighted by atomic mass is 9.95. The van der Waals surface area contributed by atoms with Gasteiger partial charge in [-0.1, -0.05) is 49.4 Å². The third-order valence-electron chi connectivity index (χ3n) is 3.83. The third kappa shape index (κ3) is 4.65. The van der Waals surface area contributed by atoms with Crippen LogP contribution < -0.4 is 0 Å². The Labute approximate surface area is 140 Å². The molecule has 0 fully saturated rings. The summed E-state index contributed by atoms with van der Waals surface area (Å²) in [5, 5.41) is 9.13. The number of carbonyl (C=O) groups is 2. The second kappa shape index (κ2) is 8.24. The van der Waals surface area contributed by atoms with Crippen LogP contribution >= 0.6 is 0 Å². The fraction of sp³-hybridized carbons (Fsp3) is 0.263. The second-order valence-electron chi connectivity index (χ2n) is 5.59. The van der Waals surface area contributed by atoms with E-state index in [2.05, 4.69) is 0 Å². The number of halogens is 1. The van der Waals surface area contributed by atoms with E-state index in [4.69, 9.17) is 5.11 Å². The highest BCUT2D eigenvalue weighted by Crippen LogP contribution is 2.23. The zero-order valence-electron chi connectivity index (χ0n) is 13.5. The molecule has 0 heterocycles. The van der Waals surface area contributed by atoms with Gasteiger partial charge >= 0.3 is 5.97 Å². The molecule has 0 spiro atoms. The summed E-state index contributed by atoms with van der Waals surface area (Å²) in [6, 6.07) is 15.0. The molecule has 5 heteroatoms. The van der Waals surface area contributed by atoms with Gasteiger partial charge in [0.15, 0.2) is 0 Å². The largest absolute Gasteiger partial charge is 0.480 e. The lowest BCUT2D eigenvalue weighted by Crippen LogP contribution is -2.38. The number of hydrogen-bond acceptors (Lipinski definition) is 2. The molecule has 0 saturated carbocycles. The maximum Gasteiger partial charge on any atom is 0.323 e. The minimum atomic E-state index is -1.08. The van der Waals surface area contributed by atoms with Crippen LogP contribution in [0.4, 0.5) is 4.39 Å². The summed E-state index contributed by atoms with van der Waals surface area (Å²) in [7, 11) is 0. The number of rotatable bonds is 7. The van der Waals surface area contributed by atoms with Crippen molar-refractivity contribution in [2.75, 3.05) is 6.54 Å². The topological polar surface area (TPSA) is 57.6 Å². The van der Waals surface area contributed by atoms with E-state index >= 15 is 0 Å². The van der Waals surface area contributed by atoms with E-state index in [1.54, 1.807) is 12.1 Å². The molecule has 0 saturated heterocycles. The van der Waals surface area contributed by atoms with Crippen molar-refractivity contribution in [1.82, 2.24) is 4.90 Å². The Hall–Kier alpha value is -2.69. The first-order chi connectivity index (χ1) is 11.5. The van der Waals surface area contributed by atoms with Crippen LogP contribution in [0.3, 0.4) is 0 Å². The Balaban J connectivity index is 2.23. The van der Waals surface area contributed by atoms with Gasteiger partial charge in [-0.2, -0.15) is 0 Å². The average molecular weight is 329 g/mol. The molecule has 4 nitrogen and oxygen atoms in total. The van der Waals surface area contributed by atoms with Gasteiger partial charge in [0.2, 0.25) is 5.91 Å². The lowest BCUT2D eigenvalue weighted by molar-refractivity contribution is -0.145. The van der Waals surface area contributed by atoms with E-state index in [9.17, 15) is 14.0 Å². The van der Waals surface area contributed by atoms with Crippen LogP contribution in [-0.4, -0.2) is 28.4 Å². The standard InChI is InChI=1S/C19H20FNO3/c1-2-17(15-6-4-3-5-7-15)19(24)21(13-18(22)23)12-14-8-10-16(20)11-9-14/h3-11,17H,2,12-13H2,1H3,(H,22,23). The summed E-state index contributed by atoms with van der Waals surface area (Å²) in [5.74, 6) is -2.08. The fourth-order valence-corrected chi connectivity index (χ4v) is 2.64. The highest BCUT2D eigenvalue weighted by atomic mass is 19.1. The lowest BCUT2D eigenvalue weighted by Gasteiger charge is -2.26. The van der Waals surface area contributed by atoms with Gasteiger partial charge in [-0.3, -0.25) is 9.59 Å². The Morgan fingerprint density at radius 1 is 1.08 bits per heavy atom. The third-order valence-corrected chi connectivity index (χ3v) is 3.83. The molecule has 0 bridgehead atoms. The van der Waals surface area contributed by atoms with Crippen LogP contribution in [0.1, 0.15) is 30.4 Å². The first-order valence-electron chi connectivity index (χ1n) is 7.81. The molecule has 0 radical (unpaired) electrons. The van der Waals surface area contributed by atoms with E-state index in [1.807, 2.05) is 37.3 Å².